The molecule has 2 aromatic rings. The van der Waals surface area contributed by atoms with Crippen LogP contribution in [0.1, 0.15) is 12.0 Å². The zero-order valence-electron chi connectivity index (χ0n) is 14.0. The Hall–Kier alpha value is -1.86. The number of anilines is 2. The van der Waals surface area contributed by atoms with Crippen LogP contribution >= 0.6 is 11.6 Å². The molecule has 8 heteroatoms. The van der Waals surface area contributed by atoms with Crippen molar-refractivity contribution in [2.24, 2.45) is 0 Å². The van der Waals surface area contributed by atoms with Crippen LogP contribution in [0.4, 0.5) is 11.6 Å². The van der Waals surface area contributed by atoms with Gasteiger partial charge in [-0.2, -0.15) is 0 Å². The largest absolute Gasteiger partial charge is 0.370 e. The average molecular weight is 381 g/mol. The lowest BCUT2D eigenvalue weighted by Gasteiger charge is -2.24. The van der Waals surface area contributed by atoms with E-state index in [0.29, 0.717) is 6.42 Å². The molecule has 1 N–H and O–H groups in total. The van der Waals surface area contributed by atoms with Gasteiger partial charge in [-0.3, -0.25) is 0 Å². The number of hydrogen-bond donors (Lipinski definition) is 1. The zero-order valence-corrected chi connectivity index (χ0v) is 15.6. The maximum Gasteiger partial charge on any atom is 0.152 e. The van der Waals surface area contributed by atoms with E-state index < -0.39 is 9.84 Å². The maximum absolute atomic E-state index is 11.7. The summed E-state index contributed by atoms with van der Waals surface area (Å²) in [7, 11) is -1.04. The molecule has 1 aliphatic heterocycles. The van der Waals surface area contributed by atoms with E-state index in [9.17, 15) is 8.42 Å². The topological polar surface area (TPSA) is 75.2 Å². The first kappa shape index (κ1) is 17.9. The molecule has 25 heavy (non-hydrogen) atoms. The third kappa shape index (κ3) is 4.83. The van der Waals surface area contributed by atoms with Crippen LogP contribution in [0.2, 0.25) is 5.02 Å². The van der Waals surface area contributed by atoms with E-state index in [2.05, 4.69) is 15.3 Å². The molecule has 2 heterocycles. The SMILES string of the molecule is CN(c1cc(NCCc2cccc(Cl)c2)ncn1)C1CCS(=O)(=O)C1. The van der Waals surface area contributed by atoms with Gasteiger partial charge in [-0.1, -0.05) is 23.7 Å². The second kappa shape index (κ2) is 7.58. The number of sulfone groups is 1. The van der Waals surface area contributed by atoms with Crippen LogP contribution in [-0.2, 0) is 16.3 Å². The Labute approximate surface area is 153 Å². The highest BCUT2D eigenvalue weighted by Gasteiger charge is 2.31. The number of nitrogens with zero attached hydrogens (tertiary/aromatic N) is 3. The summed E-state index contributed by atoms with van der Waals surface area (Å²) in [5, 5.41) is 4.01. The molecular weight excluding hydrogens is 360 g/mol. The molecule has 0 spiro atoms. The van der Waals surface area contributed by atoms with Crippen molar-refractivity contribution in [1.82, 2.24) is 9.97 Å². The third-order valence-corrected chi connectivity index (χ3v) is 6.36. The second-order valence-corrected chi connectivity index (χ2v) is 8.90. The van der Waals surface area contributed by atoms with Gasteiger partial charge in [-0.15, -0.1) is 0 Å². The Kier molecular flexibility index (Phi) is 5.44. The molecule has 134 valence electrons. The Morgan fingerprint density at radius 2 is 2.16 bits per heavy atom. The molecule has 6 nitrogen and oxygen atoms in total. The van der Waals surface area contributed by atoms with Crippen molar-refractivity contribution in [2.45, 2.75) is 18.9 Å². The number of hydrogen-bond acceptors (Lipinski definition) is 6. The molecule has 1 atom stereocenters. The highest BCUT2D eigenvalue weighted by molar-refractivity contribution is 7.91. The van der Waals surface area contributed by atoms with E-state index >= 15 is 0 Å². The van der Waals surface area contributed by atoms with E-state index in [0.717, 1.165) is 35.2 Å². The number of aromatic nitrogens is 2. The molecule has 1 aromatic heterocycles. The molecule has 3 rings (SSSR count). The van der Waals surface area contributed by atoms with Crippen LogP contribution in [0.15, 0.2) is 36.7 Å². The number of halogens is 1. The van der Waals surface area contributed by atoms with Crippen LogP contribution in [0.3, 0.4) is 0 Å². The normalized spacial score (nSPS) is 18.9. The quantitative estimate of drug-likeness (QED) is 0.829. The van der Waals surface area contributed by atoms with Gasteiger partial charge >= 0.3 is 0 Å². The lowest BCUT2D eigenvalue weighted by Crippen LogP contribution is -2.33. The summed E-state index contributed by atoms with van der Waals surface area (Å²) in [6.45, 7) is 0.721. The maximum atomic E-state index is 11.7. The molecule has 1 saturated heterocycles. The number of nitrogens with one attached hydrogen (secondary N) is 1. The fourth-order valence-corrected chi connectivity index (χ4v) is 4.92. The molecule has 1 aliphatic rings. The predicted octanol–water partition coefficient (Wildman–Crippen LogP) is 2.41. The smallest absolute Gasteiger partial charge is 0.152 e. The summed E-state index contributed by atoms with van der Waals surface area (Å²) in [4.78, 5) is 10.4. The third-order valence-electron chi connectivity index (χ3n) is 4.38. The van der Waals surface area contributed by atoms with Crippen LogP contribution in [0.25, 0.3) is 0 Å². The summed E-state index contributed by atoms with van der Waals surface area (Å²) in [6.07, 6.45) is 2.97. The van der Waals surface area contributed by atoms with Gasteiger partial charge < -0.3 is 10.2 Å². The van der Waals surface area contributed by atoms with Crippen molar-refractivity contribution in [3.63, 3.8) is 0 Å². The van der Waals surface area contributed by atoms with Crippen molar-refractivity contribution in [2.75, 3.05) is 35.3 Å². The molecule has 0 bridgehead atoms. The predicted molar refractivity (Wildman–Crippen MR) is 101 cm³/mol. The van der Waals surface area contributed by atoms with Gasteiger partial charge in [0.2, 0.25) is 0 Å². The summed E-state index contributed by atoms with van der Waals surface area (Å²) in [6, 6.07) is 9.59. The van der Waals surface area contributed by atoms with Gasteiger partial charge in [-0.05, 0) is 30.5 Å². The molecule has 1 unspecified atom stereocenters. The standard InChI is InChI=1S/C17H21ClN4O2S/c1-22(15-6-8-25(23,24)11-15)17-10-16(20-12-21-17)19-7-5-13-3-2-4-14(18)9-13/h2-4,9-10,12,15H,5-8,11H2,1H3,(H,19,20,21). The van der Waals surface area contributed by atoms with Crippen LogP contribution in [0.5, 0.6) is 0 Å². The molecule has 0 amide bonds. The lowest BCUT2D eigenvalue weighted by atomic mass is 10.1. The molecule has 0 radical (unpaired) electrons. The van der Waals surface area contributed by atoms with E-state index in [-0.39, 0.29) is 17.5 Å². The molecular formula is C17H21ClN4O2S. The van der Waals surface area contributed by atoms with Crippen molar-refractivity contribution >= 4 is 33.1 Å². The highest BCUT2D eigenvalue weighted by atomic mass is 35.5. The second-order valence-electron chi connectivity index (χ2n) is 6.24. The fourth-order valence-electron chi connectivity index (χ4n) is 2.93. The van der Waals surface area contributed by atoms with Gasteiger partial charge in [0, 0.05) is 30.7 Å². The summed E-state index contributed by atoms with van der Waals surface area (Å²) < 4.78 is 23.3. The van der Waals surface area contributed by atoms with E-state index in [1.54, 1.807) is 0 Å². The van der Waals surface area contributed by atoms with Crippen molar-refractivity contribution in [3.05, 3.63) is 47.2 Å². The Balaban J connectivity index is 1.59. The summed E-state index contributed by atoms with van der Waals surface area (Å²) in [5.74, 6) is 1.88. The van der Waals surface area contributed by atoms with Gasteiger partial charge in [0.15, 0.2) is 9.84 Å². The van der Waals surface area contributed by atoms with Gasteiger partial charge in [-0.25, -0.2) is 18.4 Å². The summed E-state index contributed by atoms with van der Waals surface area (Å²) in [5.41, 5.74) is 1.16. The van der Waals surface area contributed by atoms with E-state index in [4.69, 9.17) is 11.6 Å². The van der Waals surface area contributed by atoms with Crippen LogP contribution in [0, 0.1) is 0 Å². The number of benzene rings is 1. The summed E-state index contributed by atoms with van der Waals surface area (Å²) >= 11 is 5.99. The first-order valence-electron chi connectivity index (χ1n) is 8.16. The first-order valence-corrected chi connectivity index (χ1v) is 10.4. The molecule has 0 aliphatic carbocycles. The number of rotatable bonds is 6. The van der Waals surface area contributed by atoms with Crippen molar-refractivity contribution in [3.8, 4) is 0 Å². The highest BCUT2D eigenvalue weighted by Crippen LogP contribution is 2.22. The zero-order chi connectivity index (χ0) is 17.9. The molecule has 1 fully saturated rings. The van der Waals surface area contributed by atoms with Gasteiger partial charge in [0.05, 0.1) is 11.5 Å². The fraction of sp³-hybridized carbons (Fsp3) is 0.412. The molecule has 0 saturated carbocycles. The minimum absolute atomic E-state index is 0.0285. The minimum Gasteiger partial charge on any atom is -0.370 e. The van der Waals surface area contributed by atoms with Crippen LogP contribution in [-0.4, -0.2) is 49.5 Å². The minimum atomic E-state index is -2.92. The Bertz CT molecular complexity index is 844. The van der Waals surface area contributed by atoms with Gasteiger partial charge in [0.25, 0.3) is 0 Å². The van der Waals surface area contributed by atoms with Crippen LogP contribution < -0.4 is 10.2 Å². The lowest BCUT2D eigenvalue weighted by molar-refractivity contribution is 0.600. The molecule has 1 aromatic carbocycles. The van der Waals surface area contributed by atoms with Crippen molar-refractivity contribution in [1.29, 1.82) is 0 Å². The average Bonchev–Trinajstić information content (AvgIpc) is 2.94. The Morgan fingerprint density at radius 3 is 2.88 bits per heavy atom. The Morgan fingerprint density at radius 1 is 1.32 bits per heavy atom. The first-order chi connectivity index (χ1) is 11.9. The van der Waals surface area contributed by atoms with E-state index in [1.807, 2.05) is 42.3 Å². The van der Waals surface area contributed by atoms with Crippen molar-refractivity contribution < 1.29 is 8.42 Å². The van der Waals surface area contributed by atoms with E-state index in [1.165, 1.54) is 6.33 Å². The monoisotopic (exact) mass is 380 g/mol. The van der Waals surface area contributed by atoms with Gasteiger partial charge in [0.1, 0.15) is 18.0 Å².